The quantitative estimate of drug-likeness (QED) is 0.597. The van der Waals surface area contributed by atoms with E-state index in [1.165, 1.54) is 12.3 Å². The summed E-state index contributed by atoms with van der Waals surface area (Å²) in [5.74, 6) is -0.349. The van der Waals surface area contributed by atoms with Crippen LogP contribution in [0.3, 0.4) is 0 Å². The highest BCUT2D eigenvalue weighted by Gasteiger charge is 2.07. The summed E-state index contributed by atoms with van der Waals surface area (Å²) in [7, 11) is 1.81. The lowest BCUT2D eigenvalue weighted by molar-refractivity contribution is -0.121. The molecule has 0 aliphatic carbocycles. The molecule has 108 valence electrons. The summed E-state index contributed by atoms with van der Waals surface area (Å²) in [6.45, 7) is 1.19. The van der Waals surface area contributed by atoms with E-state index in [1.54, 1.807) is 0 Å². The Morgan fingerprint density at radius 3 is 3.00 bits per heavy atom. The van der Waals surface area contributed by atoms with Crippen LogP contribution in [-0.4, -0.2) is 42.4 Å². The number of nitriles is 1. The van der Waals surface area contributed by atoms with E-state index in [9.17, 15) is 9.59 Å². The van der Waals surface area contributed by atoms with Gasteiger partial charge in [-0.2, -0.15) is 10.4 Å². The number of amides is 1. The van der Waals surface area contributed by atoms with E-state index in [4.69, 9.17) is 11.0 Å². The van der Waals surface area contributed by atoms with Crippen LogP contribution in [0, 0.1) is 11.3 Å². The highest BCUT2D eigenvalue weighted by molar-refractivity contribution is 5.75. The third kappa shape index (κ3) is 4.70. The SMILES string of the molecule is CN(CCN)c1cnn(CC(=O)NCCC#N)c(=O)c1. The monoisotopic (exact) mass is 278 g/mol. The van der Waals surface area contributed by atoms with Crippen LogP contribution in [-0.2, 0) is 11.3 Å². The zero-order chi connectivity index (χ0) is 15.0. The Morgan fingerprint density at radius 2 is 2.40 bits per heavy atom. The maximum Gasteiger partial charge on any atom is 0.269 e. The largest absolute Gasteiger partial charge is 0.372 e. The Hall–Kier alpha value is -2.40. The molecule has 3 N–H and O–H groups in total. The second kappa shape index (κ2) is 7.91. The maximum absolute atomic E-state index is 11.8. The summed E-state index contributed by atoms with van der Waals surface area (Å²) in [4.78, 5) is 25.1. The Morgan fingerprint density at radius 1 is 1.65 bits per heavy atom. The Balaban J connectivity index is 2.67. The Kier molecular flexibility index (Phi) is 6.19. The lowest BCUT2D eigenvalue weighted by Gasteiger charge is -2.17. The molecule has 1 amide bonds. The Labute approximate surface area is 116 Å². The van der Waals surface area contributed by atoms with E-state index >= 15 is 0 Å². The first-order valence-corrected chi connectivity index (χ1v) is 6.20. The van der Waals surface area contributed by atoms with Gasteiger partial charge in [-0.1, -0.05) is 0 Å². The summed E-state index contributed by atoms with van der Waals surface area (Å²) in [6, 6.07) is 3.32. The number of rotatable bonds is 7. The smallest absolute Gasteiger partial charge is 0.269 e. The molecule has 8 nitrogen and oxygen atoms in total. The van der Waals surface area contributed by atoms with Gasteiger partial charge in [0.1, 0.15) is 6.54 Å². The molecule has 0 unspecified atom stereocenters. The minimum absolute atomic E-state index is 0.162. The minimum atomic E-state index is -0.359. The summed E-state index contributed by atoms with van der Waals surface area (Å²) in [5, 5.41) is 14.8. The van der Waals surface area contributed by atoms with Crippen molar-refractivity contribution in [2.45, 2.75) is 13.0 Å². The van der Waals surface area contributed by atoms with Gasteiger partial charge in [-0.3, -0.25) is 9.59 Å². The van der Waals surface area contributed by atoms with Crippen LogP contribution < -0.4 is 21.5 Å². The number of carbonyl (C=O) groups is 1. The van der Waals surface area contributed by atoms with Gasteiger partial charge in [0.15, 0.2) is 0 Å². The van der Waals surface area contributed by atoms with Crippen molar-refractivity contribution in [3.63, 3.8) is 0 Å². The maximum atomic E-state index is 11.8. The highest BCUT2D eigenvalue weighted by Crippen LogP contribution is 2.05. The van der Waals surface area contributed by atoms with Crippen LogP contribution in [0.4, 0.5) is 5.69 Å². The molecule has 0 fully saturated rings. The molecule has 0 saturated carbocycles. The molecule has 1 heterocycles. The summed E-state index contributed by atoms with van der Waals surface area (Å²) < 4.78 is 1.07. The molecule has 0 radical (unpaired) electrons. The van der Waals surface area contributed by atoms with Crippen molar-refractivity contribution in [2.24, 2.45) is 5.73 Å². The molecule has 0 aliphatic heterocycles. The highest BCUT2D eigenvalue weighted by atomic mass is 16.2. The number of aromatic nitrogens is 2. The molecule has 0 atom stereocenters. The van der Waals surface area contributed by atoms with E-state index in [-0.39, 0.29) is 31.0 Å². The van der Waals surface area contributed by atoms with Crippen LogP contribution in [0.1, 0.15) is 6.42 Å². The average Bonchev–Trinajstić information content (AvgIpc) is 2.41. The van der Waals surface area contributed by atoms with Gasteiger partial charge in [-0.05, 0) is 0 Å². The second-order valence-corrected chi connectivity index (χ2v) is 4.18. The summed E-state index contributed by atoms with van der Waals surface area (Å²) in [6.07, 6.45) is 1.75. The molecule has 1 aromatic heterocycles. The molecule has 20 heavy (non-hydrogen) atoms. The minimum Gasteiger partial charge on any atom is -0.372 e. The molecule has 0 saturated heterocycles. The van der Waals surface area contributed by atoms with E-state index in [2.05, 4.69) is 10.4 Å². The zero-order valence-corrected chi connectivity index (χ0v) is 11.4. The van der Waals surface area contributed by atoms with Gasteiger partial charge in [0.05, 0.1) is 24.4 Å². The van der Waals surface area contributed by atoms with Crippen LogP contribution in [0.5, 0.6) is 0 Å². The van der Waals surface area contributed by atoms with Crippen molar-refractivity contribution >= 4 is 11.6 Å². The molecule has 0 bridgehead atoms. The van der Waals surface area contributed by atoms with Gasteiger partial charge in [0.2, 0.25) is 5.91 Å². The van der Waals surface area contributed by atoms with Crippen molar-refractivity contribution in [1.29, 1.82) is 5.26 Å². The molecule has 0 aromatic carbocycles. The number of likely N-dealkylation sites (N-methyl/N-ethyl adjacent to an activating group) is 1. The average molecular weight is 278 g/mol. The van der Waals surface area contributed by atoms with Gasteiger partial charge in [-0.15, -0.1) is 0 Å². The lowest BCUT2D eigenvalue weighted by atomic mass is 10.4. The number of hydrogen-bond acceptors (Lipinski definition) is 6. The topological polar surface area (TPSA) is 117 Å². The number of anilines is 1. The third-order valence-electron chi connectivity index (χ3n) is 2.61. The van der Waals surface area contributed by atoms with Crippen molar-refractivity contribution in [1.82, 2.24) is 15.1 Å². The second-order valence-electron chi connectivity index (χ2n) is 4.18. The number of carbonyl (C=O) groups excluding carboxylic acids is 1. The van der Waals surface area contributed by atoms with Crippen LogP contribution >= 0.6 is 0 Å². The predicted octanol–water partition coefficient (Wildman–Crippen LogP) is -1.33. The molecule has 0 spiro atoms. The third-order valence-corrected chi connectivity index (χ3v) is 2.61. The summed E-state index contributed by atoms with van der Waals surface area (Å²) >= 11 is 0. The first kappa shape index (κ1) is 15.7. The fourth-order valence-corrected chi connectivity index (χ4v) is 1.52. The van der Waals surface area contributed by atoms with Crippen molar-refractivity contribution < 1.29 is 4.79 Å². The predicted molar refractivity (Wildman–Crippen MR) is 74.1 cm³/mol. The first-order valence-electron chi connectivity index (χ1n) is 6.20. The van der Waals surface area contributed by atoms with E-state index < -0.39 is 0 Å². The number of nitrogens with zero attached hydrogens (tertiary/aromatic N) is 4. The normalized spacial score (nSPS) is 9.85. The summed E-state index contributed by atoms with van der Waals surface area (Å²) in [5.41, 5.74) is 5.73. The van der Waals surface area contributed by atoms with Crippen molar-refractivity contribution in [2.75, 3.05) is 31.6 Å². The molecule has 8 heteroatoms. The standard InChI is InChI=1S/C12H18N6O2/c1-17(6-4-14)10-7-12(20)18(16-8-10)9-11(19)15-5-2-3-13/h7-8H,2,4-6,9,14H2,1H3,(H,15,19). The number of nitrogens with two attached hydrogens (primary N) is 1. The van der Waals surface area contributed by atoms with Gasteiger partial charge < -0.3 is 16.0 Å². The van der Waals surface area contributed by atoms with Crippen molar-refractivity contribution in [3.8, 4) is 6.07 Å². The van der Waals surface area contributed by atoms with Gasteiger partial charge >= 0.3 is 0 Å². The number of nitrogens with one attached hydrogen (secondary N) is 1. The number of hydrogen-bond donors (Lipinski definition) is 2. The fourth-order valence-electron chi connectivity index (χ4n) is 1.52. The molecule has 1 rings (SSSR count). The first-order chi connectivity index (χ1) is 9.58. The van der Waals surface area contributed by atoms with Crippen molar-refractivity contribution in [3.05, 3.63) is 22.6 Å². The van der Waals surface area contributed by atoms with Gasteiger partial charge in [0, 0.05) is 32.7 Å². The zero-order valence-electron chi connectivity index (χ0n) is 11.4. The van der Waals surface area contributed by atoms with Crippen LogP contribution in [0.15, 0.2) is 17.1 Å². The lowest BCUT2D eigenvalue weighted by Crippen LogP contribution is -2.34. The van der Waals surface area contributed by atoms with Crippen LogP contribution in [0.25, 0.3) is 0 Å². The fraction of sp³-hybridized carbons (Fsp3) is 0.500. The van der Waals surface area contributed by atoms with E-state index in [0.29, 0.717) is 18.8 Å². The molecular weight excluding hydrogens is 260 g/mol. The van der Waals surface area contributed by atoms with Gasteiger partial charge in [0.25, 0.3) is 5.56 Å². The molecular formula is C12H18N6O2. The van der Waals surface area contributed by atoms with E-state index in [1.807, 2.05) is 18.0 Å². The van der Waals surface area contributed by atoms with E-state index in [0.717, 1.165) is 4.68 Å². The Bertz CT molecular complexity index is 548. The van der Waals surface area contributed by atoms with Crippen LogP contribution in [0.2, 0.25) is 0 Å². The molecule has 1 aromatic rings. The molecule has 0 aliphatic rings. The van der Waals surface area contributed by atoms with Gasteiger partial charge in [-0.25, -0.2) is 4.68 Å².